The molecule has 0 saturated carbocycles. The van der Waals surface area contributed by atoms with Gasteiger partial charge >= 0.3 is 0 Å². The molecule has 1 unspecified atom stereocenters. The highest BCUT2D eigenvalue weighted by molar-refractivity contribution is 9.10. The lowest BCUT2D eigenvalue weighted by molar-refractivity contribution is 0.0934. The van der Waals surface area contributed by atoms with Crippen molar-refractivity contribution in [3.8, 4) is 0 Å². The molecule has 2 aromatic rings. The number of aromatic nitrogens is 1. The van der Waals surface area contributed by atoms with E-state index in [2.05, 4.69) is 26.2 Å². The maximum Gasteiger partial charge on any atom is 0.254 e. The van der Waals surface area contributed by atoms with E-state index in [0.29, 0.717) is 10.2 Å². The van der Waals surface area contributed by atoms with Gasteiger partial charge in [0.1, 0.15) is 10.4 Å². The van der Waals surface area contributed by atoms with Gasteiger partial charge in [-0.1, -0.05) is 0 Å². The van der Waals surface area contributed by atoms with Crippen molar-refractivity contribution in [2.75, 3.05) is 0 Å². The number of nitrogens with one attached hydrogen (secondary N) is 1. The Labute approximate surface area is 107 Å². The molecular weight excluding hydrogens is 284 g/mol. The zero-order valence-electron chi connectivity index (χ0n) is 9.18. The normalized spacial score (nSPS) is 12.1. The fourth-order valence-electron chi connectivity index (χ4n) is 1.44. The number of carbonyl (C=O) groups is 1. The van der Waals surface area contributed by atoms with E-state index >= 15 is 0 Å². The smallest absolute Gasteiger partial charge is 0.254 e. The van der Waals surface area contributed by atoms with E-state index in [1.165, 1.54) is 0 Å². The highest BCUT2D eigenvalue weighted by Crippen LogP contribution is 2.16. The van der Waals surface area contributed by atoms with Gasteiger partial charge in [-0.15, -0.1) is 0 Å². The van der Waals surface area contributed by atoms with Crippen LogP contribution in [0.2, 0.25) is 0 Å². The van der Waals surface area contributed by atoms with Crippen LogP contribution in [0.15, 0.2) is 45.7 Å². The molecule has 1 amide bonds. The molecule has 0 aliphatic carbocycles. The van der Waals surface area contributed by atoms with Gasteiger partial charge in [-0.2, -0.15) is 0 Å². The molecule has 2 rings (SSSR count). The Morgan fingerprint density at radius 2 is 2.29 bits per heavy atom. The van der Waals surface area contributed by atoms with Crippen molar-refractivity contribution in [3.63, 3.8) is 0 Å². The summed E-state index contributed by atoms with van der Waals surface area (Å²) in [4.78, 5) is 16.0. The standard InChI is InChI=1S/C12H11BrN2O2/c1-8(10-5-3-7-17-10)15-12(16)9-4-2-6-14-11(9)13/h2-8H,1H3,(H,15,16). The summed E-state index contributed by atoms with van der Waals surface area (Å²) >= 11 is 3.24. The summed E-state index contributed by atoms with van der Waals surface area (Å²) in [5, 5.41) is 2.84. The van der Waals surface area contributed by atoms with E-state index in [1.54, 1.807) is 30.7 Å². The summed E-state index contributed by atoms with van der Waals surface area (Å²) in [6, 6.07) is 6.87. The maximum absolute atomic E-state index is 11.9. The molecule has 0 spiro atoms. The number of hydrogen-bond donors (Lipinski definition) is 1. The van der Waals surface area contributed by atoms with Crippen molar-refractivity contribution in [2.24, 2.45) is 0 Å². The number of carbonyl (C=O) groups excluding carboxylic acids is 1. The minimum Gasteiger partial charge on any atom is -0.467 e. The minimum atomic E-state index is -0.186. The zero-order valence-corrected chi connectivity index (χ0v) is 10.8. The number of amides is 1. The fourth-order valence-corrected chi connectivity index (χ4v) is 1.87. The van der Waals surface area contributed by atoms with Crippen LogP contribution in [0, 0.1) is 0 Å². The van der Waals surface area contributed by atoms with Gasteiger partial charge in [-0.25, -0.2) is 4.98 Å². The summed E-state index contributed by atoms with van der Waals surface area (Å²) in [6.45, 7) is 1.86. The number of pyridine rings is 1. The molecule has 4 nitrogen and oxygen atoms in total. The van der Waals surface area contributed by atoms with E-state index in [4.69, 9.17) is 4.42 Å². The molecule has 0 radical (unpaired) electrons. The molecule has 1 atom stereocenters. The molecule has 88 valence electrons. The lowest BCUT2D eigenvalue weighted by Gasteiger charge is -2.11. The number of nitrogens with zero attached hydrogens (tertiary/aromatic N) is 1. The fraction of sp³-hybridized carbons (Fsp3) is 0.167. The molecule has 0 aliphatic heterocycles. The molecule has 1 N–H and O–H groups in total. The Kier molecular flexibility index (Phi) is 3.58. The third-order valence-corrected chi connectivity index (χ3v) is 2.95. The second-order valence-electron chi connectivity index (χ2n) is 3.55. The van der Waals surface area contributed by atoms with Gasteiger partial charge in [-0.3, -0.25) is 4.79 Å². The molecule has 0 aromatic carbocycles. The predicted octanol–water partition coefficient (Wildman–Crippen LogP) is 2.93. The lowest BCUT2D eigenvalue weighted by Crippen LogP contribution is -2.26. The van der Waals surface area contributed by atoms with Crippen molar-refractivity contribution >= 4 is 21.8 Å². The average molecular weight is 295 g/mol. The van der Waals surface area contributed by atoms with Gasteiger partial charge in [0, 0.05) is 6.20 Å². The lowest BCUT2D eigenvalue weighted by atomic mass is 10.2. The minimum absolute atomic E-state index is 0.176. The van der Waals surface area contributed by atoms with Crippen molar-refractivity contribution in [2.45, 2.75) is 13.0 Å². The third kappa shape index (κ3) is 2.74. The average Bonchev–Trinajstić information content (AvgIpc) is 2.82. The molecule has 0 fully saturated rings. The number of furan rings is 1. The van der Waals surface area contributed by atoms with Crippen LogP contribution in [0.4, 0.5) is 0 Å². The topological polar surface area (TPSA) is 55.1 Å². The maximum atomic E-state index is 11.9. The van der Waals surface area contributed by atoms with E-state index in [9.17, 15) is 4.79 Å². The van der Waals surface area contributed by atoms with Crippen LogP contribution in [0.1, 0.15) is 29.1 Å². The predicted molar refractivity (Wildman–Crippen MR) is 66.5 cm³/mol. The zero-order chi connectivity index (χ0) is 12.3. The molecule has 2 aromatic heterocycles. The molecule has 17 heavy (non-hydrogen) atoms. The second-order valence-corrected chi connectivity index (χ2v) is 4.30. The molecule has 0 saturated heterocycles. The first-order valence-corrected chi connectivity index (χ1v) is 5.92. The van der Waals surface area contributed by atoms with Gasteiger partial charge in [-0.05, 0) is 47.1 Å². The van der Waals surface area contributed by atoms with Gasteiger partial charge in [0.2, 0.25) is 0 Å². The summed E-state index contributed by atoms with van der Waals surface area (Å²) in [7, 11) is 0. The van der Waals surface area contributed by atoms with Crippen molar-refractivity contribution in [1.29, 1.82) is 0 Å². The summed E-state index contributed by atoms with van der Waals surface area (Å²) in [6.07, 6.45) is 3.20. The monoisotopic (exact) mass is 294 g/mol. The molecule has 0 bridgehead atoms. The Morgan fingerprint density at radius 3 is 2.94 bits per heavy atom. The van der Waals surface area contributed by atoms with E-state index in [-0.39, 0.29) is 11.9 Å². The number of hydrogen-bond acceptors (Lipinski definition) is 3. The van der Waals surface area contributed by atoms with Crippen LogP contribution in [0.25, 0.3) is 0 Å². The third-order valence-electron chi connectivity index (χ3n) is 2.32. The summed E-state index contributed by atoms with van der Waals surface area (Å²) < 4.78 is 5.75. The van der Waals surface area contributed by atoms with Crippen molar-refractivity contribution in [3.05, 3.63) is 52.7 Å². The second kappa shape index (κ2) is 5.14. The van der Waals surface area contributed by atoms with E-state index in [1.807, 2.05) is 13.0 Å². The van der Waals surface area contributed by atoms with Crippen molar-refractivity contribution < 1.29 is 9.21 Å². The van der Waals surface area contributed by atoms with E-state index < -0.39 is 0 Å². The Balaban J connectivity index is 2.10. The Hall–Kier alpha value is -1.62. The number of rotatable bonds is 3. The first-order chi connectivity index (χ1) is 8.18. The highest BCUT2D eigenvalue weighted by atomic mass is 79.9. The van der Waals surface area contributed by atoms with Gasteiger partial charge < -0.3 is 9.73 Å². The number of halogens is 1. The molecule has 5 heteroatoms. The van der Waals surface area contributed by atoms with Crippen LogP contribution >= 0.6 is 15.9 Å². The summed E-state index contributed by atoms with van der Waals surface area (Å²) in [5.41, 5.74) is 0.505. The highest BCUT2D eigenvalue weighted by Gasteiger charge is 2.15. The van der Waals surface area contributed by atoms with Gasteiger partial charge in [0.25, 0.3) is 5.91 Å². The molecular formula is C12H11BrN2O2. The molecule has 2 heterocycles. The SMILES string of the molecule is CC(NC(=O)c1cccnc1Br)c1ccco1. The quantitative estimate of drug-likeness (QED) is 0.886. The largest absolute Gasteiger partial charge is 0.467 e. The Morgan fingerprint density at radius 1 is 1.47 bits per heavy atom. The van der Waals surface area contributed by atoms with Gasteiger partial charge in [0.05, 0.1) is 17.9 Å². The first kappa shape index (κ1) is 11.9. The van der Waals surface area contributed by atoms with Gasteiger partial charge in [0.15, 0.2) is 0 Å². The van der Waals surface area contributed by atoms with Crippen LogP contribution in [-0.4, -0.2) is 10.9 Å². The molecule has 0 aliphatic rings. The van der Waals surface area contributed by atoms with Crippen LogP contribution in [-0.2, 0) is 0 Å². The van der Waals surface area contributed by atoms with Crippen LogP contribution in [0.5, 0.6) is 0 Å². The van der Waals surface area contributed by atoms with Crippen molar-refractivity contribution in [1.82, 2.24) is 10.3 Å². The van der Waals surface area contributed by atoms with Crippen LogP contribution in [0.3, 0.4) is 0 Å². The first-order valence-electron chi connectivity index (χ1n) is 5.13. The van der Waals surface area contributed by atoms with Crippen LogP contribution < -0.4 is 5.32 Å². The Bertz CT molecular complexity index is 511. The summed E-state index contributed by atoms with van der Waals surface area (Å²) in [5.74, 6) is 0.534. The van der Waals surface area contributed by atoms with E-state index in [0.717, 1.165) is 5.76 Å².